The highest BCUT2D eigenvalue weighted by atomic mass is 35.5. The first-order valence-corrected chi connectivity index (χ1v) is 5.54. The van der Waals surface area contributed by atoms with E-state index in [-0.39, 0.29) is 30.2 Å². The first kappa shape index (κ1) is 20.9. The Labute approximate surface area is 125 Å². The van der Waals surface area contributed by atoms with Crippen molar-refractivity contribution in [2.75, 3.05) is 20.1 Å². The summed E-state index contributed by atoms with van der Waals surface area (Å²) in [4.78, 5) is 5.90. The Hall–Kier alpha value is -0.430. The summed E-state index contributed by atoms with van der Waals surface area (Å²) in [6.07, 6.45) is 2.69. The summed E-state index contributed by atoms with van der Waals surface area (Å²) in [7, 11) is 1.88. The smallest absolute Gasteiger partial charge is 0.319 e. The first-order chi connectivity index (χ1) is 7.85. The lowest BCUT2D eigenvalue weighted by Crippen LogP contribution is -2.36. The molecule has 0 aromatic carbocycles. The lowest BCUT2D eigenvalue weighted by Gasteiger charge is -2.28. The van der Waals surface area contributed by atoms with Gasteiger partial charge in [0.25, 0.3) is 0 Å². The van der Waals surface area contributed by atoms with Gasteiger partial charge < -0.3 is 5.73 Å². The fourth-order valence-electron chi connectivity index (χ4n) is 1.74. The van der Waals surface area contributed by atoms with Gasteiger partial charge in [-0.2, -0.15) is 8.78 Å². The molecule has 0 spiro atoms. The molecule has 0 saturated carbocycles. The summed E-state index contributed by atoms with van der Waals surface area (Å²) in [5, 5.41) is 0. The second kappa shape index (κ2) is 8.68. The average molecular weight is 319 g/mol. The van der Waals surface area contributed by atoms with Crippen LogP contribution in [0.1, 0.15) is 26.2 Å². The van der Waals surface area contributed by atoms with Crippen LogP contribution < -0.4 is 5.73 Å². The summed E-state index contributed by atoms with van der Waals surface area (Å²) < 4.78 is 26.1. The van der Waals surface area contributed by atoms with Crippen molar-refractivity contribution < 1.29 is 8.78 Å². The number of halogens is 4. The summed E-state index contributed by atoms with van der Waals surface area (Å²) in [5.74, 6) is 0.371. The second-order valence-corrected chi connectivity index (χ2v) is 5.07. The monoisotopic (exact) mass is 318 g/mol. The highest BCUT2D eigenvalue weighted by molar-refractivity contribution is 5.85. The van der Waals surface area contributed by atoms with Crippen molar-refractivity contribution in [2.24, 2.45) is 11.1 Å². The number of alkyl halides is 2. The fraction of sp³-hybridized carbons (Fsp3) is 0.727. The van der Waals surface area contributed by atoms with Gasteiger partial charge in [-0.25, -0.2) is 4.98 Å². The Morgan fingerprint density at radius 2 is 2.00 bits per heavy atom. The van der Waals surface area contributed by atoms with E-state index in [4.69, 9.17) is 5.73 Å². The van der Waals surface area contributed by atoms with Gasteiger partial charge in [-0.1, -0.05) is 13.8 Å². The molecule has 0 saturated heterocycles. The Morgan fingerprint density at radius 1 is 1.42 bits per heavy atom. The number of hydrogen-bond acceptors (Lipinski definition) is 3. The van der Waals surface area contributed by atoms with E-state index in [9.17, 15) is 8.78 Å². The van der Waals surface area contributed by atoms with Crippen LogP contribution in [-0.2, 0) is 6.54 Å². The maximum absolute atomic E-state index is 12.6. The van der Waals surface area contributed by atoms with E-state index in [0.29, 0.717) is 18.9 Å². The number of nitrogens with zero attached hydrogens (tertiary/aromatic N) is 3. The van der Waals surface area contributed by atoms with Gasteiger partial charge in [-0.15, -0.1) is 24.8 Å². The van der Waals surface area contributed by atoms with Gasteiger partial charge >= 0.3 is 6.55 Å². The highest BCUT2D eigenvalue weighted by Gasteiger charge is 2.20. The minimum atomic E-state index is -2.54. The van der Waals surface area contributed by atoms with Gasteiger partial charge in [0.05, 0.1) is 6.54 Å². The van der Waals surface area contributed by atoms with E-state index in [0.717, 1.165) is 11.1 Å². The van der Waals surface area contributed by atoms with E-state index < -0.39 is 6.55 Å². The summed E-state index contributed by atoms with van der Waals surface area (Å²) in [6.45, 7) is 3.23. The number of imidazole rings is 1. The van der Waals surface area contributed by atoms with E-state index in [2.05, 4.69) is 4.98 Å². The molecule has 0 radical (unpaired) electrons. The van der Waals surface area contributed by atoms with Crippen LogP contribution in [0.25, 0.3) is 0 Å². The molecule has 0 bridgehead atoms. The van der Waals surface area contributed by atoms with Crippen molar-refractivity contribution in [2.45, 2.75) is 26.9 Å². The summed E-state index contributed by atoms with van der Waals surface area (Å²) in [6, 6.07) is 0. The molecule has 1 aromatic rings. The van der Waals surface area contributed by atoms with Crippen molar-refractivity contribution >= 4 is 24.8 Å². The molecule has 0 aliphatic carbocycles. The largest absolute Gasteiger partial charge is 0.330 e. The van der Waals surface area contributed by atoms with Crippen LogP contribution in [0.2, 0.25) is 0 Å². The van der Waals surface area contributed by atoms with E-state index >= 15 is 0 Å². The quantitative estimate of drug-likeness (QED) is 0.876. The highest BCUT2D eigenvalue weighted by Crippen LogP contribution is 2.17. The number of aromatic nitrogens is 2. The Morgan fingerprint density at radius 3 is 2.47 bits per heavy atom. The zero-order valence-electron chi connectivity index (χ0n) is 11.3. The lowest BCUT2D eigenvalue weighted by atomic mass is 9.93. The van der Waals surface area contributed by atoms with Crippen molar-refractivity contribution in [3.05, 3.63) is 18.2 Å². The molecule has 1 rings (SSSR count). The maximum atomic E-state index is 12.6. The van der Waals surface area contributed by atoms with Crippen LogP contribution in [0.4, 0.5) is 8.78 Å². The van der Waals surface area contributed by atoms with E-state index in [1.54, 1.807) is 0 Å². The van der Waals surface area contributed by atoms with Gasteiger partial charge in [0.2, 0.25) is 0 Å². The molecule has 114 valence electrons. The topological polar surface area (TPSA) is 47.1 Å². The molecule has 0 atom stereocenters. The predicted molar refractivity (Wildman–Crippen MR) is 77.1 cm³/mol. The minimum Gasteiger partial charge on any atom is -0.330 e. The lowest BCUT2D eigenvalue weighted by molar-refractivity contribution is 0.0636. The van der Waals surface area contributed by atoms with Crippen LogP contribution in [0.5, 0.6) is 0 Å². The normalized spacial score (nSPS) is 11.4. The maximum Gasteiger partial charge on any atom is 0.319 e. The number of rotatable bonds is 6. The zero-order chi connectivity index (χ0) is 13.1. The predicted octanol–water partition coefficient (Wildman–Crippen LogP) is 2.54. The van der Waals surface area contributed by atoms with Crippen LogP contribution in [-0.4, -0.2) is 34.6 Å². The molecule has 0 aliphatic heterocycles. The van der Waals surface area contributed by atoms with Crippen molar-refractivity contribution in [3.8, 4) is 0 Å². The molecule has 8 heteroatoms. The molecule has 4 nitrogen and oxygen atoms in total. The van der Waals surface area contributed by atoms with Crippen molar-refractivity contribution in [1.29, 1.82) is 0 Å². The van der Waals surface area contributed by atoms with Gasteiger partial charge in [0, 0.05) is 18.9 Å². The molecule has 0 unspecified atom stereocenters. The fourth-order valence-corrected chi connectivity index (χ4v) is 1.74. The Kier molecular flexibility index (Phi) is 9.54. The Balaban J connectivity index is 0. The van der Waals surface area contributed by atoms with Crippen LogP contribution in [0, 0.1) is 5.41 Å². The molecular formula is C11H22Cl2F2N4. The number of hydrogen-bond donors (Lipinski definition) is 1. The molecule has 1 aromatic heterocycles. The van der Waals surface area contributed by atoms with Gasteiger partial charge in [-0.05, 0) is 19.0 Å². The van der Waals surface area contributed by atoms with Crippen LogP contribution in [0.3, 0.4) is 0 Å². The van der Waals surface area contributed by atoms with Gasteiger partial charge in [0.1, 0.15) is 5.82 Å². The van der Waals surface area contributed by atoms with Gasteiger partial charge in [-0.3, -0.25) is 9.47 Å². The average Bonchev–Trinajstić information content (AvgIpc) is 2.65. The summed E-state index contributed by atoms with van der Waals surface area (Å²) in [5.41, 5.74) is 5.61. The molecule has 0 fully saturated rings. The van der Waals surface area contributed by atoms with Gasteiger partial charge in [0.15, 0.2) is 0 Å². The molecular weight excluding hydrogens is 297 g/mol. The summed E-state index contributed by atoms with van der Waals surface area (Å²) >= 11 is 0. The van der Waals surface area contributed by atoms with Crippen LogP contribution >= 0.6 is 24.8 Å². The third-order valence-electron chi connectivity index (χ3n) is 2.62. The number of nitrogens with two attached hydrogens (primary N) is 1. The second-order valence-electron chi connectivity index (χ2n) is 5.07. The van der Waals surface area contributed by atoms with E-state index in [1.807, 2.05) is 25.8 Å². The SMILES string of the molecule is CN(Cc1nccn1C(F)F)CC(C)(C)CN.Cl.Cl. The molecule has 0 aliphatic rings. The first-order valence-electron chi connectivity index (χ1n) is 5.54. The standard InChI is InChI=1S/C11H20F2N4.2ClH/c1-11(2,7-14)8-16(3)6-9-15-4-5-17(9)10(12)13;;/h4-5,10H,6-8,14H2,1-3H3;2*1H. The molecule has 0 amide bonds. The minimum absolute atomic E-state index is 0. The molecule has 2 N–H and O–H groups in total. The third-order valence-corrected chi connectivity index (χ3v) is 2.62. The molecule has 19 heavy (non-hydrogen) atoms. The van der Waals surface area contributed by atoms with Crippen molar-refractivity contribution in [1.82, 2.24) is 14.5 Å². The van der Waals surface area contributed by atoms with Crippen LogP contribution in [0.15, 0.2) is 12.4 Å². The third kappa shape index (κ3) is 6.51. The molecule has 1 heterocycles. The Bertz CT molecular complexity index is 358. The van der Waals surface area contributed by atoms with Crippen molar-refractivity contribution in [3.63, 3.8) is 0 Å². The van der Waals surface area contributed by atoms with E-state index in [1.165, 1.54) is 12.4 Å². The zero-order valence-corrected chi connectivity index (χ0v) is 13.0.